The number of fused-ring (bicyclic) bond motifs is 1. The van der Waals surface area contributed by atoms with E-state index in [0.29, 0.717) is 48.4 Å². The predicted molar refractivity (Wildman–Crippen MR) is 137 cm³/mol. The van der Waals surface area contributed by atoms with Crippen LogP contribution in [0, 0.1) is 29.6 Å². The highest BCUT2D eigenvalue weighted by Crippen LogP contribution is 2.51. The summed E-state index contributed by atoms with van der Waals surface area (Å²) in [6, 6.07) is 0.995. The molecular weight excluding hydrogens is 444 g/mol. The van der Waals surface area contributed by atoms with Gasteiger partial charge in [-0.3, -0.25) is 0 Å². The first kappa shape index (κ1) is 26.5. The Kier molecular flexibility index (Phi) is 8.66. The average Bonchev–Trinajstić information content (AvgIpc) is 3.22. The molecule has 0 aromatic carbocycles. The van der Waals surface area contributed by atoms with E-state index in [0.717, 1.165) is 18.9 Å². The summed E-state index contributed by atoms with van der Waals surface area (Å²) >= 11 is 0. The number of hydrogen-bond acceptors (Lipinski definition) is 5. The van der Waals surface area contributed by atoms with Crippen LogP contribution in [0.2, 0.25) is 25.7 Å². The van der Waals surface area contributed by atoms with Crippen LogP contribution in [0.1, 0.15) is 46.5 Å². The van der Waals surface area contributed by atoms with Crippen molar-refractivity contribution in [2.75, 3.05) is 6.61 Å². The van der Waals surface area contributed by atoms with Gasteiger partial charge in [0.25, 0.3) is 0 Å². The first-order chi connectivity index (χ1) is 15.9. The highest BCUT2D eigenvalue weighted by molar-refractivity contribution is 6.76. The van der Waals surface area contributed by atoms with Gasteiger partial charge in [-0.2, -0.15) is 0 Å². The fourth-order valence-corrected chi connectivity index (χ4v) is 6.03. The highest BCUT2D eigenvalue weighted by Gasteiger charge is 2.44. The number of ether oxygens (including phenoxy) is 3. The minimum Gasteiger partial charge on any atom is -0.463 e. The second kappa shape index (κ2) is 11.1. The molecule has 1 saturated carbocycles. The van der Waals surface area contributed by atoms with Crippen LogP contribution in [0.25, 0.3) is 0 Å². The van der Waals surface area contributed by atoms with E-state index in [-0.39, 0.29) is 11.9 Å². The Morgan fingerprint density at radius 2 is 1.97 bits per heavy atom. The first-order valence-electron chi connectivity index (χ1n) is 12.7. The topological polar surface area (TPSA) is 61.8 Å². The lowest BCUT2D eigenvalue weighted by atomic mass is 9.85. The van der Waals surface area contributed by atoms with E-state index >= 15 is 0 Å². The lowest BCUT2D eigenvalue weighted by Crippen LogP contribution is -2.34. The zero-order valence-corrected chi connectivity index (χ0v) is 22.7. The van der Waals surface area contributed by atoms with Crippen molar-refractivity contribution in [2.24, 2.45) is 29.6 Å². The standard InChI is InChI=1S/C28H42O5Si/c1-20-14-15-24-23(12-9-13-26(29)31-16-17-34(4,5)6)21(18-25(20)24)10-7-8-11-22-19-27(30)33-28(2,3)32-22/h7,9-10,13-15,19-21,23-25H,8,11-12,16-18H2,1-6H3/b10-7+,13-9-/t20-,21+,23-,24+,25+/m0/s1. The summed E-state index contributed by atoms with van der Waals surface area (Å²) in [7, 11) is -1.20. The number of carbonyl (C=O) groups is 2. The maximum absolute atomic E-state index is 12.1. The molecule has 34 heavy (non-hydrogen) atoms. The summed E-state index contributed by atoms with van der Waals surface area (Å²) in [5.74, 6) is 2.04. The fourth-order valence-electron chi connectivity index (χ4n) is 5.32. The van der Waals surface area contributed by atoms with Crippen LogP contribution in [-0.2, 0) is 23.8 Å². The second-order valence-electron chi connectivity index (χ2n) is 11.7. The molecule has 0 bridgehead atoms. The second-order valence-corrected chi connectivity index (χ2v) is 17.3. The molecule has 1 heterocycles. The summed E-state index contributed by atoms with van der Waals surface area (Å²) in [6.07, 6.45) is 17.9. The van der Waals surface area contributed by atoms with Gasteiger partial charge < -0.3 is 14.2 Å². The van der Waals surface area contributed by atoms with Crippen LogP contribution in [0.4, 0.5) is 0 Å². The minimum atomic E-state index is -1.20. The lowest BCUT2D eigenvalue weighted by Gasteiger charge is -2.30. The molecule has 0 aromatic heterocycles. The van der Waals surface area contributed by atoms with E-state index in [1.807, 2.05) is 6.08 Å². The Bertz CT molecular complexity index is 861. The molecule has 5 nitrogen and oxygen atoms in total. The van der Waals surface area contributed by atoms with Crippen LogP contribution in [-0.4, -0.2) is 32.4 Å². The van der Waals surface area contributed by atoms with E-state index in [4.69, 9.17) is 14.2 Å². The van der Waals surface area contributed by atoms with Crippen LogP contribution in [0.5, 0.6) is 0 Å². The molecule has 0 unspecified atom stereocenters. The third-order valence-electron chi connectivity index (χ3n) is 7.10. The van der Waals surface area contributed by atoms with Crippen molar-refractivity contribution in [1.82, 2.24) is 0 Å². The zero-order valence-electron chi connectivity index (χ0n) is 21.7. The SMILES string of the molecule is C[C@H]1C=C[C@@H]2[C@@H](C/C=C\C(=O)OCC[Si](C)(C)C)[C@H](/C=C/CCC3=CC(=O)OC(C)(C)O3)C[C@@H]21. The van der Waals surface area contributed by atoms with Gasteiger partial charge in [-0.25, -0.2) is 9.59 Å². The zero-order chi connectivity index (χ0) is 24.9. The number of rotatable bonds is 10. The summed E-state index contributed by atoms with van der Waals surface area (Å²) in [4.78, 5) is 23.8. The summed E-state index contributed by atoms with van der Waals surface area (Å²) < 4.78 is 16.3. The van der Waals surface area contributed by atoms with Crippen LogP contribution in [0.3, 0.4) is 0 Å². The molecule has 6 heteroatoms. The molecule has 0 saturated heterocycles. The molecule has 3 rings (SSSR count). The summed E-state index contributed by atoms with van der Waals surface area (Å²) in [5.41, 5.74) is 0. The Balaban J connectivity index is 1.53. The van der Waals surface area contributed by atoms with Crippen molar-refractivity contribution >= 4 is 20.0 Å². The first-order valence-corrected chi connectivity index (χ1v) is 16.4. The van der Waals surface area contributed by atoms with E-state index in [1.165, 1.54) is 12.5 Å². The third kappa shape index (κ3) is 7.72. The Labute approximate surface area is 206 Å². The maximum Gasteiger partial charge on any atom is 0.337 e. The predicted octanol–water partition coefficient (Wildman–Crippen LogP) is 6.42. The minimum absolute atomic E-state index is 0.225. The Hall–Kier alpha value is -2.08. The van der Waals surface area contributed by atoms with Gasteiger partial charge in [0.05, 0.1) is 12.7 Å². The molecule has 5 atom stereocenters. The smallest absolute Gasteiger partial charge is 0.337 e. The normalized spacial score (nSPS) is 30.4. The molecule has 1 fully saturated rings. The lowest BCUT2D eigenvalue weighted by molar-refractivity contribution is -0.205. The summed E-state index contributed by atoms with van der Waals surface area (Å²) in [5, 5.41) is 0. The van der Waals surface area contributed by atoms with Crippen molar-refractivity contribution in [3.63, 3.8) is 0 Å². The van der Waals surface area contributed by atoms with Crippen molar-refractivity contribution in [1.29, 1.82) is 0 Å². The number of carbonyl (C=O) groups excluding carboxylic acids is 2. The molecule has 0 N–H and O–H groups in total. The van der Waals surface area contributed by atoms with E-state index < -0.39 is 13.9 Å². The van der Waals surface area contributed by atoms with Crippen LogP contribution < -0.4 is 0 Å². The van der Waals surface area contributed by atoms with E-state index in [9.17, 15) is 9.59 Å². The molecule has 3 aliphatic rings. The van der Waals surface area contributed by atoms with Gasteiger partial charge in [0.1, 0.15) is 5.76 Å². The molecule has 0 amide bonds. The monoisotopic (exact) mass is 486 g/mol. The van der Waals surface area contributed by atoms with E-state index in [2.05, 4.69) is 50.9 Å². The van der Waals surface area contributed by atoms with Crippen molar-refractivity contribution in [3.8, 4) is 0 Å². The number of hydrogen-bond donors (Lipinski definition) is 0. The molecule has 2 aliphatic carbocycles. The van der Waals surface area contributed by atoms with Gasteiger partial charge in [0.15, 0.2) is 0 Å². The van der Waals surface area contributed by atoms with Crippen molar-refractivity contribution in [3.05, 3.63) is 48.3 Å². The van der Waals surface area contributed by atoms with Crippen LogP contribution >= 0.6 is 0 Å². The van der Waals surface area contributed by atoms with Crippen molar-refractivity contribution < 1.29 is 23.8 Å². The van der Waals surface area contributed by atoms with Gasteiger partial charge in [-0.05, 0) is 54.9 Å². The average molecular weight is 487 g/mol. The maximum atomic E-state index is 12.1. The molecule has 0 aromatic rings. The van der Waals surface area contributed by atoms with Crippen LogP contribution in [0.15, 0.2) is 48.3 Å². The van der Waals surface area contributed by atoms with Gasteiger partial charge >= 0.3 is 11.9 Å². The summed E-state index contributed by atoms with van der Waals surface area (Å²) in [6.45, 7) is 13.2. The number of esters is 2. The number of cyclic esters (lactones) is 1. The molecule has 0 spiro atoms. The molecule has 188 valence electrons. The quantitative estimate of drug-likeness (QED) is 0.154. The third-order valence-corrected chi connectivity index (χ3v) is 8.80. The number of allylic oxidation sites excluding steroid dienone is 6. The molecule has 0 radical (unpaired) electrons. The van der Waals surface area contributed by atoms with Gasteiger partial charge in [0, 0.05) is 34.4 Å². The largest absolute Gasteiger partial charge is 0.463 e. The van der Waals surface area contributed by atoms with Gasteiger partial charge in [-0.15, -0.1) is 0 Å². The molecule has 1 aliphatic heterocycles. The Morgan fingerprint density at radius 1 is 1.21 bits per heavy atom. The van der Waals surface area contributed by atoms with Gasteiger partial charge in [-0.1, -0.05) is 56.9 Å². The molecular formula is C28H42O5Si. The van der Waals surface area contributed by atoms with Gasteiger partial charge in [0.2, 0.25) is 5.79 Å². The van der Waals surface area contributed by atoms with E-state index in [1.54, 1.807) is 19.9 Å². The van der Waals surface area contributed by atoms with Crippen molar-refractivity contribution in [2.45, 2.75) is 77.9 Å². The Morgan fingerprint density at radius 3 is 2.68 bits per heavy atom. The fraction of sp³-hybridized carbons (Fsp3) is 0.643. The highest BCUT2D eigenvalue weighted by atomic mass is 28.3.